The van der Waals surface area contributed by atoms with Crippen LogP contribution in [-0.2, 0) is 0 Å². The van der Waals surface area contributed by atoms with Crippen LogP contribution in [0.25, 0.3) is 10.9 Å². The molecule has 90 valence electrons. The quantitative estimate of drug-likeness (QED) is 0.824. The summed E-state index contributed by atoms with van der Waals surface area (Å²) >= 11 is 5.49. The van der Waals surface area contributed by atoms with Gasteiger partial charge in [-0.2, -0.15) is 0 Å². The van der Waals surface area contributed by atoms with Gasteiger partial charge in [-0.15, -0.1) is 11.6 Å². The van der Waals surface area contributed by atoms with Gasteiger partial charge in [-0.25, -0.2) is 4.39 Å². The highest BCUT2D eigenvalue weighted by atomic mass is 35.5. The zero-order valence-corrected chi connectivity index (χ0v) is 9.78. The maximum Gasteiger partial charge on any atom is 0.142 e. The number of alkyl halides is 1. The van der Waals surface area contributed by atoms with Crippen LogP contribution in [0, 0.1) is 5.82 Å². The van der Waals surface area contributed by atoms with Gasteiger partial charge in [0.2, 0.25) is 0 Å². The summed E-state index contributed by atoms with van der Waals surface area (Å²) in [5.41, 5.74) is 1.53. The summed E-state index contributed by atoms with van der Waals surface area (Å²) in [6.07, 6.45) is 0.591. The van der Waals surface area contributed by atoms with Gasteiger partial charge in [0.05, 0.1) is 23.7 Å². The Morgan fingerprint density at radius 1 is 1.41 bits per heavy atom. The van der Waals surface area contributed by atoms with Crippen LogP contribution in [0.5, 0.6) is 0 Å². The molecule has 0 bridgehead atoms. The van der Waals surface area contributed by atoms with Crippen LogP contribution in [0.2, 0.25) is 0 Å². The number of anilines is 1. The van der Waals surface area contributed by atoms with Crippen molar-refractivity contribution < 1.29 is 9.50 Å². The molecule has 1 aromatic heterocycles. The van der Waals surface area contributed by atoms with Gasteiger partial charge in [0.25, 0.3) is 0 Å². The molecule has 0 saturated heterocycles. The molecule has 2 N–H and O–H groups in total. The van der Waals surface area contributed by atoms with Crippen LogP contribution in [0.4, 0.5) is 10.1 Å². The van der Waals surface area contributed by atoms with E-state index in [4.69, 9.17) is 11.6 Å². The molecule has 2 aromatic rings. The molecule has 1 unspecified atom stereocenters. The maximum absolute atomic E-state index is 12.9. The minimum atomic E-state index is -0.589. The third kappa shape index (κ3) is 3.05. The first-order valence-electron chi connectivity index (χ1n) is 5.22. The van der Waals surface area contributed by atoms with Gasteiger partial charge in [-0.05, 0) is 18.2 Å². The Balaban J connectivity index is 2.17. The number of halogens is 2. The van der Waals surface area contributed by atoms with Crippen molar-refractivity contribution in [3.63, 3.8) is 0 Å². The van der Waals surface area contributed by atoms with Gasteiger partial charge in [0, 0.05) is 17.6 Å². The van der Waals surface area contributed by atoms with Crippen molar-refractivity contribution in [2.75, 3.05) is 17.7 Å². The second-order valence-corrected chi connectivity index (χ2v) is 4.06. The lowest BCUT2D eigenvalue weighted by atomic mass is 10.2. The smallest absolute Gasteiger partial charge is 0.142 e. The second-order valence-electron chi connectivity index (χ2n) is 3.75. The minimum absolute atomic E-state index is 0.185. The van der Waals surface area contributed by atoms with Crippen molar-refractivity contribution in [2.45, 2.75) is 6.10 Å². The number of benzene rings is 1. The average molecular weight is 255 g/mol. The Morgan fingerprint density at radius 2 is 2.24 bits per heavy atom. The number of aliphatic hydroxyl groups is 1. The summed E-state index contributed by atoms with van der Waals surface area (Å²) in [7, 11) is 0. The summed E-state index contributed by atoms with van der Waals surface area (Å²) in [6.45, 7) is 0.371. The molecule has 1 heterocycles. The third-order valence-corrected chi connectivity index (χ3v) is 2.73. The number of hydrogen-bond donors (Lipinski definition) is 2. The van der Waals surface area contributed by atoms with Gasteiger partial charge in [0.15, 0.2) is 0 Å². The van der Waals surface area contributed by atoms with Crippen molar-refractivity contribution in [2.24, 2.45) is 0 Å². The molecule has 1 aromatic carbocycles. The monoisotopic (exact) mass is 254 g/mol. The van der Waals surface area contributed by atoms with Crippen LogP contribution in [-0.4, -0.2) is 28.6 Å². The SMILES string of the molecule is OC(CCl)CNc1ccc2cc(F)cnc2c1. The van der Waals surface area contributed by atoms with Crippen molar-refractivity contribution in [3.8, 4) is 0 Å². The highest BCUT2D eigenvalue weighted by Crippen LogP contribution is 2.17. The van der Waals surface area contributed by atoms with Gasteiger partial charge in [-0.1, -0.05) is 6.07 Å². The van der Waals surface area contributed by atoms with Crippen molar-refractivity contribution in [1.29, 1.82) is 0 Å². The molecule has 0 radical (unpaired) electrons. The van der Waals surface area contributed by atoms with Crippen LogP contribution in [0.1, 0.15) is 0 Å². The lowest BCUT2D eigenvalue weighted by Crippen LogP contribution is -2.20. The number of rotatable bonds is 4. The maximum atomic E-state index is 12.9. The predicted molar refractivity (Wildman–Crippen MR) is 66.9 cm³/mol. The summed E-state index contributed by atoms with van der Waals surface area (Å²) in [5, 5.41) is 13.1. The van der Waals surface area contributed by atoms with E-state index in [2.05, 4.69) is 10.3 Å². The molecule has 2 rings (SSSR count). The Kier molecular flexibility index (Phi) is 3.76. The third-order valence-electron chi connectivity index (χ3n) is 2.37. The second kappa shape index (κ2) is 5.29. The number of aliphatic hydroxyl groups excluding tert-OH is 1. The molecular formula is C12H12ClFN2O. The normalized spacial score (nSPS) is 12.6. The molecule has 1 atom stereocenters. The van der Waals surface area contributed by atoms with E-state index in [1.807, 2.05) is 6.07 Å². The van der Waals surface area contributed by atoms with E-state index in [-0.39, 0.29) is 11.7 Å². The number of hydrogen-bond acceptors (Lipinski definition) is 3. The predicted octanol–water partition coefficient (Wildman–Crippen LogP) is 2.39. The fourth-order valence-electron chi connectivity index (χ4n) is 1.49. The van der Waals surface area contributed by atoms with Crippen molar-refractivity contribution in [1.82, 2.24) is 4.98 Å². The summed E-state index contributed by atoms with van der Waals surface area (Å²) in [6, 6.07) is 6.82. The largest absolute Gasteiger partial charge is 0.390 e. The van der Waals surface area contributed by atoms with Crippen LogP contribution >= 0.6 is 11.6 Å². The van der Waals surface area contributed by atoms with E-state index in [1.165, 1.54) is 12.3 Å². The first-order valence-corrected chi connectivity index (χ1v) is 5.75. The highest BCUT2D eigenvalue weighted by Gasteiger charge is 2.03. The Bertz CT molecular complexity index is 521. The van der Waals surface area contributed by atoms with E-state index >= 15 is 0 Å². The van der Waals surface area contributed by atoms with Gasteiger partial charge in [0.1, 0.15) is 5.82 Å². The summed E-state index contributed by atoms with van der Waals surface area (Å²) in [5.74, 6) is -0.167. The van der Waals surface area contributed by atoms with Gasteiger partial charge >= 0.3 is 0 Å². The molecule has 0 amide bonds. The molecule has 3 nitrogen and oxygen atoms in total. The molecule has 17 heavy (non-hydrogen) atoms. The van der Waals surface area contributed by atoms with Crippen molar-refractivity contribution >= 4 is 28.2 Å². The van der Waals surface area contributed by atoms with E-state index in [9.17, 15) is 9.50 Å². The van der Waals surface area contributed by atoms with E-state index in [0.29, 0.717) is 12.1 Å². The highest BCUT2D eigenvalue weighted by molar-refractivity contribution is 6.18. The summed E-state index contributed by atoms with van der Waals surface area (Å²) in [4.78, 5) is 3.99. The van der Waals surface area contributed by atoms with E-state index < -0.39 is 6.10 Å². The first kappa shape index (κ1) is 12.1. The van der Waals surface area contributed by atoms with E-state index in [1.54, 1.807) is 12.1 Å². The standard InChI is InChI=1S/C12H12ClFN2O/c13-5-11(17)7-15-10-2-1-8-3-9(14)6-16-12(8)4-10/h1-4,6,11,15,17H,5,7H2. The van der Waals surface area contributed by atoms with Crippen molar-refractivity contribution in [3.05, 3.63) is 36.3 Å². The molecule has 5 heteroatoms. The number of aromatic nitrogens is 1. The van der Waals surface area contributed by atoms with Crippen LogP contribution in [0.15, 0.2) is 30.5 Å². The number of nitrogens with zero attached hydrogens (tertiary/aromatic N) is 1. The number of pyridine rings is 1. The fraction of sp³-hybridized carbons (Fsp3) is 0.250. The lowest BCUT2D eigenvalue weighted by Gasteiger charge is -2.10. The van der Waals surface area contributed by atoms with Crippen LogP contribution < -0.4 is 5.32 Å². The molecule has 0 aliphatic rings. The topological polar surface area (TPSA) is 45.1 Å². The Hall–Kier alpha value is -1.39. The minimum Gasteiger partial charge on any atom is -0.390 e. The zero-order chi connectivity index (χ0) is 12.3. The van der Waals surface area contributed by atoms with Gasteiger partial charge in [-0.3, -0.25) is 4.98 Å². The summed E-state index contributed by atoms with van der Waals surface area (Å²) < 4.78 is 12.9. The zero-order valence-electron chi connectivity index (χ0n) is 9.03. The molecule has 0 aliphatic heterocycles. The number of fused-ring (bicyclic) bond motifs is 1. The molecule has 0 saturated carbocycles. The fourth-order valence-corrected chi connectivity index (χ4v) is 1.60. The van der Waals surface area contributed by atoms with Crippen LogP contribution in [0.3, 0.4) is 0 Å². The molecule has 0 fully saturated rings. The first-order chi connectivity index (χ1) is 8.19. The van der Waals surface area contributed by atoms with Gasteiger partial charge < -0.3 is 10.4 Å². The average Bonchev–Trinajstić information content (AvgIpc) is 2.35. The lowest BCUT2D eigenvalue weighted by molar-refractivity contribution is 0.211. The van der Waals surface area contributed by atoms with E-state index in [0.717, 1.165) is 11.1 Å². The molecular weight excluding hydrogens is 243 g/mol. The Morgan fingerprint density at radius 3 is 3.00 bits per heavy atom. The Labute approximate surface area is 103 Å². The molecule has 0 aliphatic carbocycles. The molecule has 0 spiro atoms. The number of nitrogens with one attached hydrogen (secondary N) is 1.